The number of furan rings is 1. The van der Waals surface area contributed by atoms with Gasteiger partial charge in [-0.15, -0.1) is 0 Å². The predicted molar refractivity (Wildman–Crippen MR) is 190 cm³/mol. The van der Waals surface area contributed by atoms with Crippen molar-refractivity contribution in [2.75, 3.05) is 0 Å². The molecule has 0 radical (unpaired) electrons. The van der Waals surface area contributed by atoms with Crippen molar-refractivity contribution in [3.63, 3.8) is 0 Å². The Hall–Kier alpha value is -5.92. The third-order valence-electron chi connectivity index (χ3n) is 8.25. The highest BCUT2D eigenvalue weighted by Crippen LogP contribution is 2.45. The number of fused-ring (bicyclic) bond motifs is 5. The highest BCUT2D eigenvalue weighted by atomic mass is 16.3. The quantitative estimate of drug-likeness (QED) is 0.188. The maximum atomic E-state index is 9.82. The molecule has 45 heavy (non-hydrogen) atoms. The predicted octanol–water partition coefficient (Wildman–Crippen LogP) is 12.6. The normalized spacial score (nSPS) is 14.7. The van der Waals surface area contributed by atoms with E-state index in [4.69, 9.17) is 11.3 Å². The van der Waals surface area contributed by atoms with Crippen LogP contribution >= 0.6 is 0 Å². The van der Waals surface area contributed by atoms with Crippen molar-refractivity contribution in [3.05, 3.63) is 170 Å². The third-order valence-corrected chi connectivity index (χ3v) is 8.25. The van der Waals surface area contributed by atoms with Crippen molar-refractivity contribution in [2.24, 2.45) is 0 Å². The van der Waals surface area contributed by atoms with E-state index in [0.717, 1.165) is 0 Å². The number of benzene rings is 8. The molecule has 1 heteroatoms. The smallest absolute Gasteiger partial charge is 0.136 e. The van der Waals surface area contributed by atoms with E-state index in [1.807, 2.05) is 36.4 Å². The van der Waals surface area contributed by atoms with Crippen LogP contribution in [-0.2, 0) is 0 Å². The minimum absolute atomic E-state index is 0.0410. The molecule has 0 bridgehead atoms. The maximum absolute atomic E-state index is 9.82. The summed E-state index contributed by atoms with van der Waals surface area (Å²) >= 11 is 0. The van der Waals surface area contributed by atoms with Gasteiger partial charge in [-0.1, -0.05) is 151 Å². The summed E-state index contributed by atoms with van der Waals surface area (Å²) in [6, 6.07) is 29.9. The van der Waals surface area contributed by atoms with Crippen molar-refractivity contribution >= 4 is 43.5 Å². The molecule has 1 nitrogen and oxygen atoms in total. The summed E-state index contributed by atoms with van der Waals surface area (Å²) < 4.78 is 97.6. The topological polar surface area (TPSA) is 13.1 Å². The Balaban J connectivity index is 1.43. The monoisotopic (exact) mass is 582 g/mol. The van der Waals surface area contributed by atoms with Crippen molar-refractivity contribution < 1.29 is 18.1 Å². The van der Waals surface area contributed by atoms with Gasteiger partial charge < -0.3 is 4.42 Å². The first-order valence-corrected chi connectivity index (χ1v) is 14.6. The van der Waals surface area contributed by atoms with E-state index in [0.29, 0.717) is 49.4 Å². The minimum Gasteiger partial charge on any atom is -0.456 e. The van der Waals surface area contributed by atoms with E-state index in [2.05, 4.69) is 0 Å². The van der Waals surface area contributed by atoms with Gasteiger partial charge in [-0.3, -0.25) is 0 Å². The number of hydrogen-bond acceptors (Lipinski definition) is 1. The maximum Gasteiger partial charge on any atom is 0.136 e. The SMILES string of the molecule is [2H]c1c([2H])c(-c2c3ccccc3c(-c3c([2H])c([2H])c4oc5c([2H])c([2H])c([2H])c(-c6ccccc6)c5c4c3[2H])c3ccccc23)c([2H])c([2H])c1-c1ccccc1. The Morgan fingerprint density at radius 3 is 1.51 bits per heavy atom. The molecule has 0 aliphatic carbocycles. The van der Waals surface area contributed by atoms with Gasteiger partial charge in [0.05, 0.1) is 13.7 Å². The molecule has 0 N–H and O–H groups in total. The second kappa shape index (κ2) is 10.4. The zero-order valence-corrected chi connectivity index (χ0v) is 23.8. The van der Waals surface area contributed by atoms with E-state index in [1.165, 1.54) is 0 Å². The minimum atomic E-state index is -0.353. The van der Waals surface area contributed by atoms with Crippen LogP contribution in [0.25, 0.3) is 88.0 Å². The van der Waals surface area contributed by atoms with Gasteiger partial charge in [-0.25, -0.2) is 0 Å². The molecule has 0 aliphatic heterocycles. The number of rotatable bonds is 4. The van der Waals surface area contributed by atoms with Gasteiger partial charge >= 0.3 is 0 Å². The summed E-state index contributed by atoms with van der Waals surface area (Å²) in [5, 5.41) is 2.66. The van der Waals surface area contributed by atoms with Crippen LogP contribution in [0, 0.1) is 0 Å². The van der Waals surface area contributed by atoms with Crippen LogP contribution in [0.1, 0.15) is 13.7 Å². The van der Waals surface area contributed by atoms with Gasteiger partial charge in [-0.05, 0) is 84.2 Å². The summed E-state index contributed by atoms with van der Waals surface area (Å²) in [5.74, 6) is 0. The van der Waals surface area contributed by atoms with Gasteiger partial charge in [0.15, 0.2) is 0 Å². The van der Waals surface area contributed by atoms with Crippen LogP contribution in [0.15, 0.2) is 174 Å². The molecule has 0 fully saturated rings. The fraction of sp³-hybridized carbons (Fsp3) is 0. The molecule has 1 aromatic heterocycles. The summed E-state index contributed by atoms with van der Waals surface area (Å²) in [6.45, 7) is 0. The molecule has 0 amide bonds. The summed E-state index contributed by atoms with van der Waals surface area (Å²) in [5.41, 5.74) is 2.67. The lowest BCUT2D eigenvalue weighted by molar-refractivity contribution is 0.669. The molecule has 0 saturated carbocycles. The lowest BCUT2D eigenvalue weighted by Gasteiger charge is -2.18. The van der Waals surface area contributed by atoms with Crippen molar-refractivity contribution in [3.8, 4) is 44.5 Å². The van der Waals surface area contributed by atoms with Crippen molar-refractivity contribution in [2.45, 2.75) is 0 Å². The van der Waals surface area contributed by atoms with E-state index in [9.17, 15) is 6.85 Å². The van der Waals surface area contributed by atoms with E-state index in [-0.39, 0.29) is 99.1 Å². The van der Waals surface area contributed by atoms with Crippen LogP contribution < -0.4 is 0 Å². The second-order valence-electron chi connectivity index (χ2n) is 10.8. The summed E-state index contributed by atoms with van der Waals surface area (Å²) in [6.07, 6.45) is 0. The standard InChI is InChI=1S/C44H28O/c1-3-12-29(13-4-1)30-22-24-32(25-23-30)42-35-16-7-9-18-37(35)43(38-19-10-8-17-36(38)42)33-26-27-40-39(28-33)44-34(20-11-21-41(44)45-40)31-14-5-2-6-15-31/h1-28H/i11D,20D,21D,22D,23D,24D,25D,26D,27D,28D. The summed E-state index contributed by atoms with van der Waals surface area (Å²) in [4.78, 5) is 0. The van der Waals surface area contributed by atoms with Crippen LogP contribution in [-0.4, -0.2) is 0 Å². The molecule has 9 rings (SSSR count). The largest absolute Gasteiger partial charge is 0.456 e. The van der Waals surface area contributed by atoms with Gasteiger partial charge in [0.25, 0.3) is 0 Å². The average molecular weight is 583 g/mol. The van der Waals surface area contributed by atoms with E-state index in [1.54, 1.807) is 72.8 Å². The molecule has 9 aromatic rings. The van der Waals surface area contributed by atoms with Gasteiger partial charge in [0.1, 0.15) is 11.2 Å². The first-order valence-electron chi connectivity index (χ1n) is 19.6. The zero-order chi connectivity index (χ0) is 38.4. The van der Waals surface area contributed by atoms with E-state index < -0.39 is 0 Å². The van der Waals surface area contributed by atoms with E-state index >= 15 is 0 Å². The Kier molecular flexibility index (Phi) is 4.01. The van der Waals surface area contributed by atoms with Crippen molar-refractivity contribution in [1.29, 1.82) is 0 Å². The Morgan fingerprint density at radius 1 is 0.378 bits per heavy atom. The molecular formula is C44H28O. The molecule has 0 aliphatic rings. The fourth-order valence-electron chi connectivity index (χ4n) is 6.25. The van der Waals surface area contributed by atoms with Gasteiger partial charge in [0, 0.05) is 10.8 Å². The molecule has 8 aromatic carbocycles. The van der Waals surface area contributed by atoms with Gasteiger partial charge in [0.2, 0.25) is 0 Å². The Morgan fingerprint density at radius 2 is 0.889 bits per heavy atom. The fourth-order valence-corrected chi connectivity index (χ4v) is 6.25. The highest BCUT2D eigenvalue weighted by Gasteiger charge is 2.19. The molecule has 0 atom stereocenters. The lowest BCUT2D eigenvalue weighted by atomic mass is 9.85. The second-order valence-corrected chi connectivity index (χ2v) is 10.8. The van der Waals surface area contributed by atoms with Crippen LogP contribution in [0.4, 0.5) is 0 Å². The molecule has 1 heterocycles. The average Bonchev–Trinajstić information content (AvgIpc) is 3.61. The van der Waals surface area contributed by atoms with Gasteiger partial charge in [-0.2, -0.15) is 0 Å². The first-order chi connectivity index (χ1) is 26.5. The lowest BCUT2D eigenvalue weighted by Crippen LogP contribution is -1.91. The third kappa shape index (κ3) is 4.17. The first kappa shape index (κ1) is 17.4. The Labute approximate surface area is 275 Å². The molecule has 0 saturated heterocycles. The number of hydrogen-bond donors (Lipinski definition) is 0. The summed E-state index contributed by atoms with van der Waals surface area (Å²) in [7, 11) is 0. The van der Waals surface area contributed by atoms with Crippen molar-refractivity contribution in [1.82, 2.24) is 0 Å². The molecule has 0 unspecified atom stereocenters. The zero-order valence-electron chi connectivity index (χ0n) is 33.8. The van der Waals surface area contributed by atoms with Crippen LogP contribution in [0.5, 0.6) is 0 Å². The molecule has 0 spiro atoms. The van der Waals surface area contributed by atoms with Crippen LogP contribution in [0.3, 0.4) is 0 Å². The van der Waals surface area contributed by atoms with Crippen LogP contribution in [0.2, 0.25) is 0 Å². The Bertz CT molecular complexity index is 3000. The molecular weight excluding hydrogens is 544 g/mol. The molecule has 210 valence electrons. The highest BCUT2D eigenvalue weighted by molar-refractivity contribution is 6.22.